The van der Waals surface area contributed by atoms with E-state index in [0.29, 0.717) is 0 Å². The first-order chi connectivity index (χ1) is 17.1. The molecule has 0 aliphatic carbocycles. The minimum absolute atomic E-state index is 0.0340. The van der Waals surface area contributed by atoms with Crippen molar-refractivity contribution >= 4 is 5.97 Å². The van der Waals surface area contributed by atoms with Crippen LogP contribution >= 0.6 is 0 Å². The Labute approximate surface area is 200 Å². The number of carboxylic acids is 1. The lowest BCUT2D eigenvalue weighted by molar-refractivity contribution is -0.192. The van der Waals surface area contributed by atoms with E-state index in [0.717, 1.165) is 40.0 Å². The minimum atomic E-state index is -5.08. The van der Waals surface area contributed by atoms with E-state index in [-0.39, 0.29) is 16.8 Å². The van der Waals surface area contributed by atoms with E-state index in [2.05, 4.69) is 10.1 Å². The molecule has 0 aliphatic rings. The first kappa shape index (κ1) is 29.1. The van der Waals surface area contributed by atoms with Gasteiger partial charge in [0.05, 0.1) is 12.2 Å². The molecule has 8 nitrogen and oxygen atoms in total. The summed E-state index contributed by atoms with van der Waals surface area (Å²) in [7, 11) is 0. The number of halogens is 9. The van der Waals surface area contributed by atoms with Gasteiger partial charge in [0.15, 0.2) is 0 Å². The van der Waals surface area contributed by atoms with Gasteiger partial charge in [-0.25, -0.2) is 23.2 Å². The van der Waals surface area contributed by atoms with Gasteiger partial charge in [-0.15, -0.1) is 0 Å². The smallest absolute Gasteiger partial charge is 0.475 e. The molecule has 0 atom stereocenters. The fourth-order valence-electron chi connectivity index (χ4n) is 2.61. The van der Waals surface area contributed by atoms with Gasteiger partial charge < -0.3 is 10.8 Å². The Balaban J connectivity index is 0.000000604. The molecule has 200 valence electrons. The van der Waals surface area contributed by atoms with Crippen LogP contribution in [0, 0.1) is 5.82 Å². The maximum atomic E-state index is 14.5. The standard InChI is InChI=1S/C18H13F6N5O.C2HF3O2/c19-14-5-12(28-9-27-29(17(28)30)8-11(6-25)16(20)21)2-3-13(14)10-1-4-15(26-7-10)18(22,23)24;3-2(4,5)1(6)7/h1-5,7,9H,6,8,25H2;(H,6,7). The molecule has 0 radical (unpaired) electrons. The topological polar surface area (TPSA) is 116 Å². The van der Waals surface area contributed by atoms with Gasteiger partial charge in [0.1, 0.15) is 17.8 Å². The van der Waals surface area contributed by atoms with Gasteiger partial charge in [0.2, 0.25) is 0 Å². The number of carbonyl (C=O) groups is 1. The molecule has 0 unspecified atom stereocenters. The molecule has 0 fully saturated rings. The molecule has 2 heterocycles. The second kappa shape index (κ2) is 11.3. The van der Waals surface area contributed by atoms with Gasteiger partial charge in [-0.2, -0.15) is 40.2 Å². The molecule has 0 aliphatic heterocycles. The van der Waals surface area contributed by atoms with Crippen molar-refractivity contribution < 1.29 is 49.4 Å². The summed E-state index contributed by atoms with van der Waals surface area (Å²) in [5.41, 5.74) is 2.94. The number of nitrogens with two attached hydrogens (primary N) is 1. The second-order valence-corrected chi connectivity index (χ2v) is 6.91. The van der Waals surface area contributed by atoms with E-state index in [1.807, 2.05) is 0 Å². The second-order valence-electron chi connectivity index (χ2n) is 6.91. The van der Waals surface area contributed by atoms with Gasteiger partial charge in [0.25, 0.3) is 6.08 Å². The van der Waals surface area contributed by atoms with Crippen LogP contribution < -0.4 is 11.4 Å². The fourth-order valence-corrected chi connectivity index (χ4v) is 2.61. The average Bonchev–Trinajstić information content (AvgIpc) is 3.16. The first-order valence-corrected chi connectivity index (χ1v) is 9.57. The Morgan fingerprint density at radius 1 is 1.05 bits per heavy atom. The van der Waals surface area contributed by atoms with Crippen LogP contribution in [-0.2, 0) is 17.5 Å². The summed E-state index contributed by atoms with van der Waals surface area (Å²) in [6.45, 7) is -0.991. The number of pyridine rings is 1. The number of rotatable bonds is 5. The van der Waals surface area contributed by atoms with Crippen LogP contribution in [0.1, 0.15) is 5.69 Å². The number of hydrogen-bond acceptors (Lipinski definition) is 5. The Morgan fingerprint density at radius 3 is 2.11 bits per heavy atom. The molecule has 17 heteroatoms. The van der Waals surface area contributed by atoms with Crippen LogP contribution in [0.15, 0.2) is 59.3 Å². The van der Waals surface area contributed by atoms with Crippen molar-refractivity contribution in [3.05, 3.63) is 76.5 Å². The highest BCUT2D eigenvalue weighted by atomic mass is 19.4. The monoisotopic (exact) mass is 543 g/mol. The zero-order valence-electron chi connectivity index (χ0n) is 18.0. The number of hydrogen-bond donors (Lipinski definition) is 2. The predicted molar refractivity (Wildman–Crippen MR) is 108 cm³/mol. The van der Waals surface area contributed by atoms with Gasteiger partial charge in [-0.05, 0) is 24.3 Å². The van der Waals surface area contributed by atoms with Crippen molar-refractivity contribution in [3.63, 3.8) is 0 Å². The van der Waals surface area contributed by atoms with E-state index in [9.17, 15) is 44.3 Å². The number of benzene rings is 1. The number of carboxylic acid groups (broad SMARTS) is 1. The number of aliphatic carboxylic acids is 1. The fraction of sp³-hybridized carbons (Fsp3) is 0.200. The molecule has 0 spiro atoms. The van der Waals surface area contributed by atoms with Crippen molar-refractivity contribution in [1.82, 2.24) is 19.3 Å². The van der Waals surface area contributed by atoms with Gasteiger partial charge in [0, 0.05) is 29.4 Å². The first-order valence-electron chi connectivity index (χ1n) is 9.57. The minimum Gasteiger partial charge on any atom is -0.475 e. The van der Waals surface area contributed by atoms with Crippen molar-refractivity contribution in [2.45, 2.75) is 18.9 Å². The van der Waals surface area contributed by atoms with Crippen molar-refractivity contribution in [2.75, 3.05) is 6.54 Å². The molecule has 37 heavy (non-hydrogen) atoms. The summed E-state index contributed by atoms with van der Waals surface area (Å²) in [6.07, 6.45) is -9.80. The molecule has 0 amide bonds. The Hall–Kier alpha value is -4.15. The molecule has 0 saturated carbocycles. The van der Waals surface area contributed by atoms with Crippen LogP contribution in [-0.4, -0.2) is 43.1 Å². The maximum absolute atomic E-state index is 14.5. The summed E-state index contributed by atoms with van der Waals surface area (Å²) in [5.74, 6) is -3.58. The van der Waals surface area contributed by atoms with Gasteiger partial charge in [-0.3, -0.25) is 4.98 Å². The van der Waals surface area contributed by atoms with Crippen molar-refractivity contribution in [3.8, 4) is 16.8 Å². The summed E-state index contributed by atoms with van der Waals surface area (Å²) < 4.78 is 111. The van der Waals surface area contributed by atoms with E-state index in [1.54, 1.807) is 0 Å². The third-order valence-corrected chi connectivity index (χ3v) is 4.43. The Kier molecular flexibility index (Phi) is 8.86. The summed E-state index contributed by atoms with van der Waals surface area (Å²) in [6, 6.07) is 5.36. The van der Waals surface area contributed by atoms with E-state index >= 15 is 0 Å². The van der Waals surface area contributed by atoms with E-state index < -0.39 is 60.3 Å². The normalized spacial score (nSPS) is 11.5. The third kappa shape index (κ3) is 7.42. The highest BCUT2D eigenvalue weighted by Crippen LogP contribution is 2.30. The number of nitrogens with zero attached hydrogens (tertiary/aromatic N) is 4. The SMILES string of the molecule is NCC(Cn1ncn(-c2ccc(-c3ccc(C(F)(F)F)nc3)c(F)c2)c1=O)=C(F)F.O=C(O)C(F)(F)F. The van der Waals surface area contributed by atoms with Gasteiger partial charge in [-0.1, -0.05) is 6.07 Å². The summed E-state index contributed by atoms with van der Waals surface area (Å²) in [4.78, 5) is 24.5. The molecule has 1 aromatic carbocycles. The molecular weight excluding hydrogens is 529 g/mol. The van der Waals surface area contributed by atoms with Crippen LogP contribution in [0.2, 0.25) is 0 Å². The zero-order chi connectivity index (χ0) is 28.1. The zero-order valence-corrected chi connectivity index (χ0v) is 18.0. The van der Waals surface area contributed by atoms with E-state index in [4.69, 9.17) is 15.6 Å². The van der Waals surface area contributed by atoms with Crippen molar-refractivity contribution in [2.24, 2.45) is 5.73 Å². The molecular formula is C20H14F9N5O3. The molecule has 0 bridgehead atoms. The highest BCUT2D eigenvalue weighted by molar-refractivity contribution is 5.73. The molecule has 3 rings (SSSR count). The lowest BCUT2D eigenvalue weighted by Gasteiger charge is -2.09. The van der Waals surface area contributed by atoms with Gasteiger partial charge >= 0.3 is 24.0 Å². The quantitative estimate of drug-likeness (QED) is 0.471. The molecule has 2 aromatic heterocycles. The highest BCUT2D eigenvalue weighted by Gasteiger charge is 2.38. The lowest BCUT2D eigenvalue weighted by atomic mass is 10.1. The Bertz CT molecular complexity index is 1340. The van der Waals surface area contributed by atoms with Crippen LogP contribution in [0.5, 0.6) is 0 Å². The predicted octanol–water partition coefficient (Wildman–Crippen LogP) is 4.00. The van der Waals surface area contributed by atoms with Crippen LogP contribution in [0.3, 0.4) is 0 Å². The lowest BCUT2D eigenvalue weighted by Crippen LogP contribution is -2.26. The maximum Gasteiger partial charge on any atom is 0.490 e. The third-order valence-electron chi connectivity index (χ3n) is 4.43. The number of alkyl halides is 6. The molecule has 3 aromatic rings. The molecule has 0 saturated heterocycles. The number of aromatic nitrogens is 4. The van der Waals surface area contributed by atoms with Crippen molar-refractivity contribution in [1.29, 1.82) is 0 Å². The average molecular weight is 543 g/mol. The Morgan fingerprint density at radius 2 is 1.68 bits per heavy atom. The van der Waals surface area contributed by atoms with Crippen LogP contribution in [0.25, 0.3) is 16.8 Å². The van der Waals surface area contributed by atoms with Crippen LogP contribution in [0.4, 0.5) is 39.5 Å². The molecule has 3 N–H and O–H groups in total. The largest absolute Gasteiger partial charge is 0.490 e. The van der Waals surface area contributed by atoms with E-state index in [1.165, 1.54) is 12.1 Å². The summed E-state index contributed by atoms with van der Waals surface area (Å²) in [5, 5.41) is 10.8. The summed E-state index contributed by atoms with van der Waals surface area (Å²) >= 11 is 0.